The molecule has 0 saturated carbocycles. The van der Waals surface area contributed by atoms with Crippen LogP contribution in [-0.4, -0.2) is 27.5 Å². The molecule has 2 aliphatic rings. The van der Waals surface area contributed by atoms with Gasteiger partial charge in [-0.3, -0.25) is 4.79 Å². The lowest BCUT2D eigenvalue weighted by Crippen LogP contribution is -2.32. The van der Waals surface area contributed by atoms with Gasteiger partial charge in [-0.1, -0.05) is 18.2 Å². The summed E-state index contributed by atoms with van der Waals surface area (Å²) >= 11 is 0. The average molecular weight is 373 g/mol. The largest absolute Gasteiger partial charge is 0.486 e. The minimum atomic E-state index is -3.96. The van der Waals surface area contributed by atoms with Gasteiger partial charge in [0.05, 0.1) is 11.3 Å². The van der Waals surface area contributed by atoms with Crippen LogP contribution in [0.3, 0.4) is 0 Å². The van der Waals surface area contributed by atoms with E-state index in [4.69, 9.17) is 9.47 Å². The molecular formula is C19H19NO5S. The number of carbonyl (C=O) groups excluding carboxylic acids is 1. The second-order valence-electron chi connectivity index (χ2n) is 6.47. The molecule has 0 atom stereocenters. The molecule has 0 fully saturated rings. The Morgan fingerprint density at radius 1 is 0.962 bits per heavy atom. The summed E-state index contributed by atoms with van der Waals surface area (Å²) < 4.78 is 37.9. The number of fused-ring (bicyclic) bond motifs is 2. The normalized spacial score (nSPS) is 15.4. The van der Waals surface area contributed by atoms with E-state index in [9.17, 15) is 13.2 Å². The Morgan fingerprint density at radius 2 is 1.73 bits per heavy atom. The SMILES string of the molecule is O=C(Cc1ccc2c(c1)CCC2)NS(=O)(=O)c1ccc2c(c1)OCCO2. The van der Waals surface area contributed by atoms with Crippen molar-refractivity contribution in [2.75, 3.05) is 13.2 Å². The molecule has 6 nitrogen and oxygen atoms in total. The van der Waals surface area contributed by atoms with Crippen LogP contribution in [0, 0.1) is 0 Å². The zero-order chi connectivity index (χ0) is 18.1. The summed E-state index contributed by atoms with van der Waals surface area (Å²) in [5.41, 5.74) is 3.39. The molecule has 0 unspecified atom stereocenters. The average Bonchev–Trinajstić information content (AvgIpc) is 3.08. The summed E-state index contributed by atoms with van der Waals surface area (Å²) in [4.78, 5) is 12.2. The number of aryl methyl sites for hydroxylation is 2. The van der Waals surface area contributed by atoms with Crippen LogP contribution >= 0.6 is 0 Å². The predicted octanol–water partition coefficient (Wildman–Crippen LogP) is 1.99. The first-order valence-corrected chi connectivity index (χ1v) is 10.1. The molecule has 1 aliphatic heterocycles. The second-order valence-corrected chi connectivity index (χ2v) is 8.15. The van der Waals surface area contributed by atoms with Crippen molar-refractivity contribution < 1.29 is 22.7 Å². The number of benzene rings is 2. The molecule has 26 heavy (non-hydrogen) atoms. The number of rotatable bonds is 4. The minimum absolute atomic E-state index is 0.0240. The van der Waals surface area contributed by atoms with Crippen LogP contribution in [0.1, 0.15) is 23.1 Å². The Hall–Kier alpha value is -2.54. The van der Waals surface area contributed by atoms with Gasteiger partial charge in [-0.25, -0.2) is 13.1 Å². The highest BCUT2D eigenvalue weighted by molar-refractivity contribution is 7.90. The third-order valence-electron chi connectivity index (χ3n) is 4.60. The molecule has 0 bridgehead atoms. The van der Waals surface area contributed by atoms with Crippen molar-refractivity contribution in [1.29, 1.82) is 0 Å². The maximum Gasteiger partial charge on any atom is 0.264 e. The summed E-state index contributed by atoms with van der Waals surface area (Å²) in [6, 6.07) is 10.2. The summed E-state index contributed by atoms with van der Waals surface area (Å²) in [6.07, 6.45) is 3.24. The van der Waals surface area contributed by atoms with Crippen LogP contribution in [0.5, 0.6) is 11.5 Å². The molecule has 4 rings (SSSR count). The Morgan fingerprint density at radius 3 is 2.58 bits per heavy atom. The number of amides is 1. The molecular weight excluding hydrogens is 354 g/mol. The van der Waals surface area contributed by atoms with Gasteiger partial charge in [-0.05, 0) is 48.1 Å². The molecule has 2 aromatic carbocycles. The quantitative estimate of drug-likeness (QED) is 0.886. The van der Waals surface area contributed by atoms with Crippen molar-refractivity contribution in [3.8, 4) is 11.5 Å². The van der Waals surface area contributed by atoms with Crippen molar-refractivity contribution in [1.82, 2.24) is 4.72 Å². The minimum Gasteiger partial charge on any atom is -0.486 e. The first-order chi connectivity index (χ1) is 12.5. The van der Waals surface area contributed by atoms with E-state index in [1.54, 1.807) is 0 Å². The first kappa shape index (κ1) is 16.9. The number of carbonyl (C=O) groups is 1. The maximum absolute atomic E-state index is 12.5. The Kier molecular flexibility index (Phi) is 4.32. The Balaban J connectivity index is 1.48. The fourth-order valence-electron chi connectivity index (χ4n) is 3.36. The van der Waals surface area contributed by atoms with Gasteiger partial charge in [-0.2, -0.15) is 0 Å². The standard InChI is InChI=1S/C19H19NO5S/c21-19(11-13-4-5-14-2-1-3-15(14)10-13)20-26(22,23)16-6-7-17-18(12-16)25-9-8-24-17/h4-7,10,12H,1-3,8-9,11H2,(H,20,21). The van der Waals surface area contributed by atoms with E-state index in [1.165, 1.54) is 29.3 Å². The summed E-state index contributed by atoms with van der Waals surface area (Å²) in [7, 11) is -3.96. The van der Waals surface area contributed by atoms with Crippen molar-refractivity contribution >= 4 is 15.9 Å². The zero-order valence-electron chi connectivity index (χ0n) is 14.2. The molecule has 0 radical (unpaired) electrons. The monoisotopic (exact) mass is 373 g/mol. The van der Waals surface area contributed by atoms with E-state index in [-0.39, 0.29) is 11.3 Å². The number of hydrogen-bond acceptors (Lipinski definition) is 5. The molecule has 7 heteroatoms. The van der Waals surface area contributed by atoms with Crippen molar-refractivity contribution in [2.45, 2.75) is 30.6 Å². The molecule has 0 saturated heterocycles. The molecule has 1 heterocycles. The van der Waals surface area contributed by atoms with Crippen LogP contribution in [0.15, 0.2) is 41.3 Å². The third kappa shape index (κ3) is 3.39. The lowest BCUT2D eigenvalue weighted by molar-refractivity contribution is -0.118. The molecule has 1 amide bonds. The number of ether oxygens (including phenoxy) is 2. The van der Waals surface area contributed by atoms with Crippen LogP contribution in [0.25, 0.3) is 0 Å². The van der Waals surface area contributed by atoms with E-state index in [2.05, 4.69) is 4.72 Å². The van der Waals surface area contributed by atoms with Crippen molar-refractivity contribution in [3.05, 3.63) is 53.1 Å². The Bertz CT molecular complexity index is 968. The molecule has 2 aromatic rings. The molecule has 0 spiro atoms. The highest BCUT2D eigenvalue weighted by atomic mass is 32.2. The second kappa shape index (κ2) is 6.64. The summed E-state index contributed by atoms with van der Waals surface area (Å²) in [5.74, 6) is 0.308. The van der Waals surface area contributed by atoms with Crippen LogP contribution in [-0.2, 0) is 34.1 Å². The third-order valence-corrected chi connectivity index (χ3v) is 5.97. The smallest absolute Gasteiger partial charge is 0.264 e. The van der Waals surface area contributed by atoms with Crippen LogP contribution < -0.4 is 14.2 Å². The van der Waals surface area contributed by atoms with Gasteiger partial charge in [-0.15, -0.1) is 0 Å². The fourth-order valence-corrected chi connectivity index (χ4v) is 4.36. The molecule has 136 valence electrons. The predicted molar refractivity (Wildman–Crippen MR) is 94.9 cm³/mol. The van der Waals surface area contributed by atoms with E-state index >= 15 is 0 Å². The zero-order valence-corrected chi connectivity index (χ0v) is 15.0. The lowest BCUT2D eigenvalue weighted by atomic mass is 10.0. The Labute approximate surface area is 152 Å². The highest BCUT2D eigenvalue weighted by Crippen LogP contribution is 2.32. The maximum atomic E-state index is 12.5. The van der Waals surface area contributed by atoms with E-state index < -0.39 is 15.9 Å². The lowest BCUT2D eigenvalue weighted by Gasteiger charge is -2.18. The van der Waals surface area contributed by atoms with Crippen LogP contribution in [0.2, 0.25) is 0 Å². The summed E-state index contributed by atoms with van der Waals surface area (Å²) in [6.45, 7) is 0.789. The number of sulfonamides is 1. The van der Waals surface area contributed by atoms with Gasteiger partial charge >= 0.3 is 0 Å². The van der Waals surface area contributed by atoms with Gasteiger partial charge in [0.1, 0.15) is 13.2 Å². The van der Waals surface area contributed by atoms with Gasteiger partial charge < -0.3 is 9.47 Å². The molecule has 0 aromatic heterocycles. The molecule has 1 aliphatic carbocycles. The molecule has 1 N–H and O–H groups in total. The van der Waals surface area contributed by atoms with Gasteiger partial charge in [0.2, 0.25) is 5.91 Å². The van der Waals surface area contributed by atoms with E-state index in [0.29, 0.717) is 24.7 Å². The van der Waals surface area contributed by atoms with Crippen molar-refractivity contribution in [3.63, 3.8) is 0 Å². The highest BCUT2D eigenvalue weighted by Gasteiger charge is 2.22. The summed E-state index contributed by atoms with van der Waals surface area (Å²) in [5, 5.41) is 0. The topological polar surface area (TPSA) is 81.7 Å². The van der Waals surface area contributed by atoms with Gasteiger partial charge in [0.15, 0.2) is 11.5 Å². The van der Waals surface area contributed by atoms with E-state index in [0.717, 1.165) is 24.8 Å². The fraction of sp³-hybridized carbons (Fsp3) is 0.316. The van der Waals surface area contributed by atoms with Crippen LogP contribution in [0.4, 0.5) is 0 Å². The van der Waals surface area contributed by atoms with Gasteiger partial charge in [0.25, 0.3) is 10.0 Å². The van der Waals surface area contributed by atoms with Crippen molar-refractivity contribution in [2.24, 2.45) is 0 Å². The number of hydrogen-bond donors (Lipinski definition) is 1. The van der Waals surface area contributed by atoms with E-state index in [1.807, 2.05) is 18.2 Å². The van der Waals surface area contributed by atoms with Gasteiger partial charge in [0, 0.05) is 6.07 Å². The first-order valence-electron chi connectivity index (χ1n) is 8.57. The number of nitrogens with one attached hydrogen (secondary N) is 1.